The second kappa shape index (κ2) is 8.82. The topological polar surface area (TPSA) is 67.3 Å². The quantitative estimate of drug-likeness (QED) is 0.577. The standard InChI is InChI=1S/C22H20ClF3N4O2/c1-32-18-9-8-14(23)11-17(18)29-21(31)13-5-4-10-30(12-13)20-19(22(24,25)26)27-15-6-2-3-7-16(15)28-20/h2-3,6-9,11,13H,4-5,10,12H2,1H3,(H,29,31)/t13-/m0/s1. The first-order valence-electron chi connectivity index (χ1n) is 9.99. The van der Waals surface area contributed by atoms with Crippen molar-refractivity contribution >= 4 is 40.0 Å². The highest BCUT2D eigenvalue weighted by molar-refractivity contribution is 6.31. The lowest BCUT2D eigenvalue weighted by Gasteiger charge is -2.34. The number of hydrogen-bond acceptors (Lipinski definition) is 5. The largest absolute Gasteiger partial charge is 0.495 e. The molecular weight excluding hydrogens is 445 g/mol. The Hall–Kier alpha value is -3.07. The van der Waals surface area contributed by atoms with Crippen molar-refractivity contribution in [1.82, 2.24) is 9.97 Å². The molecule has 1 atom stereocenters. The van der Waals surface area contributed by atoms with Gasteiger partial charge in [-0.3, -0.25) is 4.79 Å². The van der Waals surface area contributed by atoms with E-state index >= 15 is 0 Å². The molecule has 1 amide bonds. The van der Waals surface area contributed by atoms with Gasteiger partial charge in [0.25, 0.3) is 0 Å². The number of methoxy groups -OCH3 is 1. The molecule has 1 aliphatic rings. The SMILES string of the molecule is COc1ccc(Cl)cc1NC(=O)[C@H]1CCCN(c2nc3ccccc3nc2C(F)(F)F)C1. The molecule has 1 N–H and O–H groups in total. The van der Waals surface area contributed by atoms with Crippen LogP contribution in [-0.2, 0) is 11.0 Å². The smallest absolute Gasteiger partial charge is 0.437 e. The van der Waals surface area contributed by atoms with Crippen LogP contribution >= 0.6 is 11.6 Å². The van der Waals surface area contributed by atoms with Crippen LogP contribution in [0.15, 0.2) is 42.5 Å². The highest BCUT2D eigenvalue weighted by Gasteiger charge is 2.40. The van der Waals surface area contributed by atoms with Crippen molar-refractivity contribution < 1.29 is 22.7 Å². The number of halogens is 4. The number of aromatic nitrogens is 2. The van der Waals surface area contributed by atoms with E-state index in [4.69, 9.17) is 16.3 Å². The van der Waals surface area contributed by atoms with Crippen LogP contribution in [0, 0.1) is 5.92 Å². The fourth-order valence-corrected chi connectivity index (χ4v) is 3.97. The monoisotopic (exact) mass is 464 g/mol. The number of ether oxygens (including phenoxy) is 1. The van der Waals surface area contributed by atoms with E-state index in [9.17, 15) is 18.0 Å². The Labute approximate surface area is 187 Å². The molecule has 0 bridgehead atoms. The van der Waals surface area contributed by atoms with E-state index in [2.05, 4.69) is 15.3 Å². The first-order chi connectivity index (χ1) is 15.3. The zero-order valence-corrected chi connectivity index (χ0v) is 17.9. The van der Waals surface area contributed by atoms with Gasteiger partial charge in [-0.05, 0) is 43.2 Å². The number of fused-ring (bicyclic) bond motifs is 1. The number of amides is 1. The number of para-hydroxylation sites is 2. The lowest BCUT2D eigenvalue weighted by Crippen LogP contribution is -2.42. The number of benzene rings is 2. The van der Waals surface area contributed by atoms with Crippen molar-refractivity contribution in [3.05, 3.63) is 53.2 Å². The summed E-state index contributed by atoms with van der Waals surface area (Å²) >= 11 is 6.02. The van der Waals surface area contributed by atoms with E-state index in [0.29, 0.717) is 41.4 Å². The van der Waals surface area contributed by atoms with E-state index in [1.165, 1.54) is 18.1 Å². The Bertz CT molecular complexity index is 1160. The van der Waals surface area contributed by atoms with Crippen molar-refractivity contribution in [2.75, 3.05) is 30.4 Å². The molecule has 2 aromatic carbocycles. The van der Waals surface area contributed by atoms with Crippen LogP contribution in [-0.4, -0.2) is 36.1 Å². The predicted octanol–water partition coefficient (Wildman–Crippen LogP) is 5.17. The first kappa shape index (κ1) is 22.1. The number of piperidine rings is 1. The van der Waals surface area contributed by atoms with Crippen molar-refractivity contribution in [2.24, 2.45) is 5.92 Å². The maximum atomic E-state index is 13.8. The van der Waals surface area contributed by atoms with Crippen LogP contribution in [0.5, 0.6) is 5.75 Å². The maximum absolute atomic E-state index is 13.8. The molecule has 168 valence electrons. The van der Waals surface area contributed by atoms with E-state index in [-0.39, 0.29) is 23.8 Å². The van der Waals surface area contributed by atoms with Crippen molar-refractivity contribution in [3.63, 3.8) is 0 Å². The van der Waals surface area contributed by atoms with Crippen LogP contribution in [0.4, 0.5) is 24.7 Å². The lowest BCUT2D eigenvalue weighted by molar-refractivity contribution is -0.140. The minimum Gasteiger partial charge on any atom is -0.495 e. The zero-order valence-electron chi connectivity index (χ0n) is 17.1. The lowest BCUT2D eigenvalue weighted by atomic mass is 9.96. The van der Waals surface area contributed by atoms with E-state index in [1.807, 2.05) is 0 Å². The summed E-state index contributed by atoms with van der Waals surface area (Å²) in [7, 11) is 1.47. The van der Waals surface area contributed by atoms with Gasteiger partial charge in [-0.25, -0.2) is 9.97 Å². The van der Waals surface area contributed by atoms with Gasteiger partial charge in [0.05, 0.1) is 29.7 Å². The number of rotatable bonds is 4. The Kier molecular flexibility index (Phi) is 6.10. The second-order valence-electron chi connectivity index (χ2n) is 7.50. The van der Waals surface area contributed by atoms with E-state index in [0.717, 1.165) is 0 Å². The van der Waals surface area contributed by atoms with Crippen LogP contribution in [0.25, 0.3) is 11.0 Å². The zero-order chi connectivity index (χ0) is 22.9. The van der Waals surface area contributed by atoms with Crippen LogP contribution in [0.2, 0.25) is 5.02 Å². The van der Waals surface area contributed by atoms with Gasteiger partial charge in [-0.15, -0.1) is 0 Å². The van der Waals surface area contributed by atoms with Crippen molar-refractivity contribution in [1.29, 1.82) is 0 Å². The van der Waals surface area contributed by atoms with E-state index < -0.39 is 17.8 Å². The molecule has 1 aromatic heterocycles. The summed E-state index contributed by atoms with van der Waals surface area (Å²) in [4.78, 5) is 22.5. The summed E-state index contributed by atoms with van der Waals surface area (Å²) in [6, 6.07) is 11.2. The third kappa shape index (κ3) is 4.57. The summed E-state index contributed by atoms with van der Waals surface area (Å²) in [6.07, 6.45) is -3.60. The van der Waals surface area contributed by atoms with Gasteiger partial charge < -0.3 is 15.0 Å². The molecule has 32 heavy (non-hydrogen) atoms. The van der Waals surface area contributed by atoms with Gasteiger partial charge in [0.2, 0.25) is 5.91 Å². The van der Waals surface area contributed by atoms with Crippen LogP contribution in [0.1, 0.15) is 18.5 Å². The molecule has 0 saturated carbocycles. The van der Waals surface area contributed by atoms with Gasteiger partial charge in [-0.1, -0.05) is 23.7 Å². The number of nitrogens with one attached hydrogen (secondary N) is 1. The summed E-state index contributed by atoms with van der Waals surface area (Å²) in [5, 5.41) is 3.21. The van der Waals surface area contributed by atoms with Gasteiger partial charge in [0.15, 0.2) is 11.5 Å². The minimum absolute atomic E-state index is 0.0881. The normalized spacial score (nSPS) is 16.8. The molecule has 4 rings (SSSR count). The third-order valence-electron chi connectivity index (χ3n) is 5.33. The molecule has 1 aliphatic heterocycles. The summed E-state index contributed by atoms with van der Waals surface area (Å²) in [5.74, 6) is -0.677. The summed E-state index contributed by atoms with van der Waals surface area (Å²) < 4.78 is 46.5. The van der Waals surface area contributed by atoms with Gasteiger partial charge in [-0.2, -0.15) is 13.2 Å². The molecule has 0 spiro atoms. The average Bonchev–Trinajstić information content (AvgIpc) is 2.78. The van der Waals surface area contributed by atoms with Crippen LogP contribution in [0.3, 0.4) is 0 Å². The van der Waals surface area contributed by atoms with Crippen molar-refractivity contribution in [2.45, 2.75) is 19.0 Å². The molecule has 3 aromatic rings. The Balaban J connectivity index is 1.61. The average molecular weight is 465 g/mol. The molecule has 0 aliphatic carbocycles. The van der Waals surface area contributed by atoms with Gasteiger partial charge in [0, 0.05) is 18.1 Å². The summed E-state index contributed by atoms with van der Waals surface area (Å²) in [6.45, 7) is 0.436. The second-order valence-corrected chi connectivity index (χ2v) is 7.94. The molecule has 1 fully saturated rings. The number of anilines is 2. The van der Waals surface area contributed by atoms with Gasteiger partial charge in [0.1, 0.15) is 5.75 Å². The van der Waals surface area contributed by atoms with Crippen LogP contribution < -0.4 is 15.0 Å². The Morgan fingerprint density at radius 2 is 1.91 bits per heavy atom. The molecule has 0 unspecified atom stereocenters. The fourth-order valence-electron chi connectivity index (χ4n) is 3.80. The first-order valence-corrected chi connectivity index (χ1v) is 10.4. The number of hydrogen-bond donors (Lipinski definition) is 1. The highest BCUT2D eigenvalue weighted by Crippen LogP contribution is 2.37. The molecule has 10 heteroatoms. The molecular formula is C22H20ClF3N4O2. The summed E-state index contributed by atoms with van der Waals surface area (Å²) in [5.41, 5.74) is -0.106. The van der Waals surface area contributed by atoms with E-state index in [1.54, 1.807) is 36.4 Å². The van der Waals surface area contributed by atoms with Gasteiger partial charge >= 0.3 is 6.18 Å². The molecule has 0 radical (unpaired) electrons. The molecule has 2 heterocycles. The van der Waals surface area contributed by atoms with Crippen molar-refractivity contribution in [3.8, 4) is 5.75 Å². The Morgan fingerprint density at radius 1 is 1.19 bits per heavy atom. The highest BCUT2D eigenvalue weighted by atomic mass is 35.5. The number of nitrogens with zero attached hydrogens (tertiary/aromatic N) is 3. The maximum Gasteiger partial charge on any atom is 0.437 e. The minimum atomic E-state index is -4.67. The Morgan fingerprint density at radius 3 is 2.59 bits per heavy atom. The molecule has 6 nitrogen and oxygen atoms in total. The fraction of sp³-hybridized carbons (Fsp3) is 0.318. The number of alkyl halides is 3. The third-order valence-corrected chi connectivity index (χ3v) is 5.57. The number of carbonyl (C=O) groups is 1. The number of carbonyl (C=O) groups excluding carboxylic acids is 1. The predicted molar refractivity (Wildman–Crippen MR) is 116 cm³/mol. The molecule has 1 saturated heterocycles.